The normalized spacial score (nSPS) is 33.5. The third-order valence-electron chi connectivity index (χ3n) is 3.52. The largest absolute Gasteiger partial charge is 0.396 e. The molecule has 0 aromatic rings. The number of aliphatic hydroxyl groups excluding tert-OH is 1. The van der Waals surface area contributed by atoms with Crippen molar-refractivity contribution in [3.8, 4) is 0 Å². The zero-order valence-electron chi connectivity index (χ0n) is 8.67. The summed E-state index contributed by atoms with van der Waals surface area (Å²) in [6, 6.07) is 0.703. The molecule has 72 valence electrons. The fourth-order valence-electron chi connectivity index (χ4n) is 2.51. The van der Waals surface area contributed by atoms with Gasteiger partial charge in [0.25, 0.3) is 0 Å². The second kappa shape index (κ2) is 3.35. The van der Waals surface area contributed by atoms with Crippen LogP contribution >= 0.6 is 0 Å². The maximum Gasteiger partial charge on any atom is 0.0433 e. The summed E-state index contributed by atoms with van der Waals surface area (Å²) in [7, 11) is 4.28. The van der Waals surface area contributed by atoms with E-state index in [4.69, 9.17) is 5.11 Å². The third kappa shape index (κ3) is 1.50. The summed E-state index contributed by atoms with van der Waals surface area (Å²) in [5.74, 6) is 0.717. The molecule has 0 aromatic heterocycles. The quantitative estimate of drug-likeness (QED) is 0.693. The van der Waals surface area contributed by atoms with E-state index in [-0.39, 0.29) is 0 Å². The van der Waals surface area contributed by atoms with Gasteiger partial charge >= 0.3 is 0 Å². The smallest absolute Gasteiger partial charge is 0.0433 e. The zero-order chi connectivity index (χ0) is 9.35. The highest BCUT2D eigenvalue weighted by molar-refractivity contribution is 5.00. The van der Waals surface area contributed by atoms with Gasteiger partial charge in [-0.05, 0) is 38.3 Å². The van der Waals surface area contributed by atoms with Crippen molar-refractivity contribution in [1.29, 1.82) is 0 Å². The lowest BCUT2D eigenvalue weighted by Crippen LogP contribution is -2.56. The van der Waals surface area contributed by atoms with Gasteiger partial charge in [-0.15, -0.1) is 0 Å². The lowest BCUT2D eigenvalue weighted by Gasteiger charge is -2.55. The van der Waals surface area contributed by atoms with Crippen LogP contribution in [0.15, 0.2) is 0 Å². The van der Waals surface area contributed by atoms with E-state index in [2.05, 4.69) is 32.8 Å². The number of aliphatic hydroxyl groups is 1. The van der Waals surface area contributed by atoms with Crippen LogP contribution < -0.4 is 0 Å². The van der Waals surface area contributed by atoms with E-state index < -0.39 is 0 Å². The maximum absolute atomic E-state index is 8.85. The first-order valence-electron chi connectivity index (χ1n) is 4.77. The van der Waals surface area contributed by atoms with Crippen molar-refractivity contribution in [3.63, 3.8) is 0 Å². The molecule has 0 spiro atoms. The van der Waals surface area contributed by atoms with Gasteiger partial charge in [0.1, 0.15) is 0 Å². The van der Waals surface area contributed by atoms with E-state index in [0.29, 0.717) is 18.1 Å². The molecule has 0 radical (unpaired) electrons. The monoisotopic (exact) mass is 171 g/mol. The molecule has 0 amide bonds. The molecule has 1 rings (SSSR count). The van der Waals surface area contributed by atoms with E-state index in [1.54, 1.807) is 0 Å². The highest BCUT2D eigenvalue weighted by Gasteiger charge is 2.48. The first-order valence-corrected chi connectivity index (χ1v) is 4.77. The SMILES string of the molecule is CN(C)C1CC(CCO)C1(C)C. The van der Waals surface area contributed by atoms with Crippen LogP contribution in [0.2, 0.25) is 0 Å². The number of rotatable bonds is 3. The van der Waals surface area contributed by atoms with Gasteiger partial charge in [0.15, 0.2) is 0 Å². The van der Waals surface area contributed by atoms with Gasteiger partial charge in [-0.3, -0.25) is 0 Å². The van der Waals surface area contributed by atoms with Crippen LogP contribution in [0.1, 0.15) is 26.7 Å². The first-order chi connectivity index (χ1) is 5.50. The molecule has 1 N–H and O–H groups in total. The van der Waals surface area contributed by atoms with Crippen LogP contribution in [-0.2, 0) is 0 Å². The molecule has 1 fully saturated rings. The molecule has 2 atom stereocenters. The Balaban J connectivity index is 2.48. The van der Waals surface area contributed by atoms with Gasteiger partial charge < -0.3 is 10.0 Å². The van der Waals surface area contributed by atoms with Crippen molar-refractivity contribution in [3.05, 3.63) is 0 Å². The Morgan fingerprint density at radius 3 is 2.33 bits per heavy atom. The standard InChI is InChI=1S/C10H21NO/c1-10(2)8(5-6-12)7-9(10)11(3)4/h8-9,12H,5-7H2,1-4H3. The Morgan fingerprint density at radius 1 is 1.42 bits per heavy atom. The molecule has 2 unspecified atom stereocenters. The number of hydrogen-bond acceptors (Lipinski definition) is 2. The summed E-state index contributed by atoms with van der Waals surface area (Å²) in [6.45, 7) is 4.96. The van der Waals surface area contributed by atoms with Crippen LogP contribution in [0.3, 0.4) is 0 Å². The molecule has 1 aliphatic carbocycles. The van der Waals surface area contributed by atoms with Gasteiger partial charge in [-0.25, -0.2) is 0 Å². The Kier molecular flexibility index (Phi) is 2.79. The minimum absolute atomic E-state index is 0.342. The van der Waals surface area contributed by atoms with Crippen molar-refractivity contribution in [2.45, 2.75) is 32.7 Å². The van der Waals surface area contributed by atoms with E-state index in [1.165, 1.54) is 6.42 Å². The highest BCUT2D eigenvalue weighted by Crippen LogP contribution is 2.49. The van der Waals surface area contributed by atoms with Crippen LogP contribution in [0, 0.1) is 11.3 Å². The molecule has 1 aliphatic rings. The van der Waals surface area contributed by atoms with Gasteiger partial charge in [-0.1, -0.05) is 13.8 Å². The van der Waals surface area contributed by atoms with E-state index >= 15 is 0 Å². The Morgan fingerprint density at radius 2 is 2.00 bits per heavy atom. The molecule has 2 heteroatoms. The van der Waals surface area contributed by atoms with Gasteiger partial charge in [0.2, 0.25) is 0 Å². The van der Waals surface area contributed by atoms with E-state index in [9.17, 15) is 0 Å². The van der Waals surface area contributed by atoms with Crippen LogP contribution in [0.4, 0.5) is 0 Å². The van der Waals surface area contributed by atoms with Crippen LogP contribution in [-0.4, -0.2) is 36.8 Å². The number of hydrogen-bond donors (Lipinski definition) is 1. The van der Waals surface area contributed by atoms with Crippen molar-refractivity contribution in [2.24, 2.45) is 11.3 Å². The summed E-state index contributed by atoms with van der Waals surface area (Å²) in [5.41, 5.74) is 0.395. The van der Waals surface area contributed by atoms with Crippen LogP contribution in [0.5, 0.6) is 0 Å². The zero-order valence-corrected chi connectivity index (χ0v) is 8.67. The summed E-state index contributed by atoms with van der Waals surface area (Å²) in [4.78, 5) is 2.30. The summed E-state index contributed by atoms with van der Waals surface area (Å²) >= 11 is 0. The predicted molar refractivity (Wildman–Crippen MR) is 51.1 cm³/mol. The average molecular weight is 171 g/mol. The Labute approximate surface area is 75.6 Å². The van der Waals surface area contributed by atoms with E-state index in [0.717, 1.165) is 12.3 Å². The lowest BCUT2D eigenvalue weighted by atomic mass is 9.57. The fourth-order valence-corrected chi connectivity index (χ4v) is 2.51. The van der Waals surface area contributed by atoms with E-state index in [1.807, 2.05) is 0 Å². The van der Waals surface area contributed by atoms with Crippen LogP contribution in [0.25, 0.3) is 0 Å². The third-order valence-corrected chi connectivity index (χ3v) is 3.52. The Hall–Kier alpha value is -0.0800. The number of nitrogens with zero attached hydrogens (tertiary/aromatic N) is 1. The van der Waals surface area contributed by atoms with Crippen molar-refractivity contribution in [1.82, 2.24) is 4.90 Å². The van der Waals surface area contributed by atoms with Crippen molar-refractivity contribution >= 4 is 0 Å². The molecule has 0 bridgehead atoms. The fraction of sp³-hybridized carbons (Fsp3) is 1.00. The van der Waals surface area contributed by atoms with Gasteiger partial charge in [0.05, 0.1) is 0 Å². The topological polar surface area (TPSA) is 23.5 Å². The predicted octanol–water partition coefficient (Wildman–Crippen LogP) is 1.35. The molecule has 1 saturated carbocycles. The lowest BCUT2D eigenvalue weighted by molar-refractivity contribution is -0.0520. The molecule has 12 heavy (non-hydrogen) atoms. The summed E-state index contributed by atoms with van der Waals surface area (Å²) in [6.07, 6.45) is 2.22. The first kappa shape index (κ1) is 10.0. The summed E-state index contributed by atoms with van der Waals surface area (Å²) < 4.78 is 0. The average Bonchev–Trinajstić information content (AvgIpc) is 1.96. The highest BCUT2D eigenvalue weighted by atomic mass is 16.3. The molecule has 0 saturated heterocycles. The molecule has 2 nitrogen and oxygen atoms in total. The van der Waals surface area contributed by atoms with Crippen molar-refractivity contribution in [2.75, 3.05) is 20.7 Å². The minimum Gasteiger partial charge on any atom is -0.396 e. The summed E-state index contributed by atoms with van der Waals surface area (Å²) in [5, 5.41) is 8.85. The molecule has 0 aromatic carbocycles. The Bertz CT molecular complexity index is 154. The molecule has 0 heterocycles. The van der Waals surface area contributed by atoms with Gasteiger partial charge in [-0.2, -0.15) is 0 Å². The molecular weight excluding hydrogens is 150 g/mol. The second-order valence-electron chi connectivity index (χ2n) is 4.75. The minimum atomic E-state index is 0.342. The van der Waals surface area contributed by atoms with Gasteiger partial charge in [0, 0.05) is 12.6 Å². The second-order valence-corrected chi connectivity index (χ2v) is 4.75. The maximum atomic E-state index is 8.85. The van der Waals surface area contributed by atoms with Crippen molar-refractivity contribution < 1.29 is 5.11 Å². The molecule has 0 aliphatic heterocycles. The molecular formula is C10H21NO.